The quantitative estimate of drug-likeness (QED) is 0.501. The molecule has 1 aromatic carbocycles. The third-order valence-corrected chi connectivity index (χ3v) is 6.51. The number of hydrogen-bond donors (Lipinski definition) is 1. The Bertz CT molecular complexity index is 1390. The van der Waals surface area contributed by atoms with E-state index in [2.05, 4.69) is 15.0 Å². The lowest BCUT2D eigenvalue weighted by atomic mass is 10.2. The van der Waals surface area contributed by atoms with E-state index in [1.54, 1.807) is 10.6 Å². The average molecular weight is 443 g/mol. The van der Waals surface area contributed by atoms with Crippen molar-refractivity contribution >= 4 is 32.2 Å². The van der Waals surface area contributed by atoms with Gasteiger partial charge in [0.25, 0.3) is 5.95 Å². The fraction of sp³-hybridized carbons (Fsp3) is 0.350. The monoisotopic (exact) mass is 442 g/mol. The molecular weight excluding hydrogens is 420 g/mol. The maximum absolute atomic E-state index is 12.4. The van der Waals surface area contributed by atoms with Crippen molar-refractivity contribution < 1.29 is 18.3 Å². The van der Waals surface area contributed by atoms with E-state index in [9.17, 15) is 13.5 Å². The Morgan fingerprint density at radius 3 is 2.71 bits per heavy atom. The highest BCUT2D eigenvalue weighted by molar-refractivity contribution is 7.90. The maximum Gasteiger partial charge on any atom is 0.255 e. The smallest absolute Gasteiger partial charge is 0.255 e. The molecule has 4 heterocycles. The summed E-state index contributed by atoms with van der Waals surface area (Å²) in [6.07, 6.45) is 1.15. The van der Waals surface area contributed by atoms with E-state index >= 15 is 0 Å². The number of imidazole rings is 1. The van der Waals surface area contributed by atoms with E-state index < -0.39 is 9.84 Å². The summed E-state index contributed by atoms with van der Waals surface area (Å²) in [6.45, 7) is 3.42. The fourth-order valence-electron chi connectivity index (χ4n) is 3.98. The number of para-hydroxylation sites is 2. The molecule has 1 saturated heterocycles. The van der Waals surface area contributed by atoms with Gasteiger partial charge in [-0.25, -0.2) is 17.9 Å². The zero-order valence-corrected chi connectivity index (χ0v) is 17.9. The van der Waals surface area contributed by atoms with Crippen LogP contribution >= 0.6 is 0 Å². The number of aliphatic hydroxyl groups excluding tert-OH is 1. The van der Waals surface area contributed by atoms with Crippen LogP contribution in [-0.4, -0.2) is 69.7 Å². The largest absolute Gasteiger partial charge is 0.388 e. The van der Waals surface area contributed by atoms with E-state index in [0.29, 0.717) is 42.4 Å². The number of benzene rings is 1. The first-order valence-corrected chi connectivity index (χ1v) is 11.8. The minimum atomic E-state index is -3.54. The first-order valence-electron chi connectivity index (χ1n) is 9.90. The molecule has 31 heavy (non-hydrogen) atoms. The summed E-state index contributed by atoms with van der Waals surface area (Å²) >= 11 is 0. The standard InChI is InChI=1S/C20H22N6O4S/c1-13-12-30-10-9-24(13)19-16-7-8-18(31(2,28)29)26(16)23-20(22-19)25-15-6-4-3-5-14(15)21-17(25)11-27/h3-8,13,27H,9-12H2,1-2H3/t13-/m1/s1. The SMILES string of the molecule is C[C@@H]1COCCN1c1nc(-n2c(CO)nc3ccccc32)nn2c(S(C)(=O)=O)ccc12. The normalized spacial score (nSPS) is 17.6. The van der Waals surface area contributed by atoms with Gasteiger partial charge in [0.05, 0.1) is 30.3 Å². The van der Waals surface area contributed by atoms with Gasteiger partial charge in [0.15, 0.2) is 20.7 Å². The zero-order chi connectivity index (χ0) is 21.8. The Kier molecular flexibility index (Phi) is 4.68. The highest BCUT2D eigenvalue weighted by Crippen LogP contribution is 2.28. The third-order valence-electron chi connectivity index (χ3n) is 5.44. The number of anilines is 1. The second-order valence-corrected chi connectivity index (χ2v) is 9.57. The first-order chi connectivity index (χ1) is 14.9. The topological polar surface area (TPSA) is 115 Å². The van der Waals surface area contributed by atoms with E-state index in [1.165, 1.54) is 10.6 Å². The number of aliphatic hydroxyl groups is 1. The molecule has 10 nitrogen and oxygen atoms in total. The highest BCUT2D eigenvalue weighted by atomic mass is 32.2. The summed E-state index contributed by atoms with van der Waals surface area (Å²) in [4.78, 5) is 11.4. The van der Waals surface area contributed by atoms with Crippen molar-refractivity contribution in [2.24, 2.45) is 0 Å². The summed E-state index contributed by atoms with van der Waals surface area (Å²) in [6, 6.07) is 10.7. The molecule has 162 valence electrons. The number of nitrogens with zero attached hydrogens (tertiary/aromatic N) is 6. The molecule has 1 N–H and O–H groups in total. The lowest BCUT2D eigenvalue weighted by Gasteiger charge is -2.34. The van der Waals surface area contributed by atoms with Crippen LogP contribution in [0.1, 0.15) is 12.7 Å². The summed E-state index contributed by atoms with van der Waals surface area (Å²) in [5.41, 5.74) is 2.00. The van der Waals surface area contributed by atoms with E-state index in [0.717, 1.165) is 11.8 Å². The average Bonchev–Trinajstić information content (AvgIpc) is 3.34. The molecule has 1 aliphatic heterocycles. The van der Waals surface area contributed by atoms with Crippen molar-refractivity contribution in [3.05, 3.63) is 42.2 Å². The van der Waals surface area contributed by atoms with Gasteiger partial charge in [-0.2, -0.15) is 4.98 Å². The first kappa shape index (κ1) is 19.9. The van der Waals surface area contributed by atoms with Crippen molar-refractivity contribution in [3.63, 3.8) is 0 Å². The van der Waals surface area contributed by atoms with Crippen LogP contribution in [0.4, 0.5) is 5.82 Å². The van der Waals surface area contributed by atoms with Crippen molar-refractivity contribution in [2.45, 2.75) is 24.6 Å². The Labute approximate surface area is 178 Å². The number of aromatic nitrogens is 5. The summed E-state index contributed by atoms with van der Waals surface area (Å²) in [5, 5.41) is 14.6. The van der Waals surface area contributed by atoms with E-state index in [1.807, 2.05) is 31.2 Å². The molecular formula is C20H22N6O4S. The van der Waals surface area contributed by atoms with Crippen LogP contribution in [0.15, 0.2) is 41.4 Å². The second kappa shape index (κ2) is 7.29. The molecule has 3 aromatic heterocycles. The van der Waals surface area contributed by atoms with Gasteiger partial charge in [-0.3, -0.25) is 4.57 Å². The van der Waals surface area contributed by atoms with Crippen LogP contribution in [-0.2, 0) is 21.2 Å². The van der Waals surface area contributed by atoms with Gasteiger partial charge >= 0.3 is 0 Å². The lowest BCUT2D eigenvalue weighted by Crippen LogP contribution is -2.44. The molecule has 1 atom stereocenters. The number of ether oxygens (including phenoxy) is 1. The Hall–Kier alpha value is -3.02. The molecule has 11 heteroatoms. The molecule has 0 unspecified atom stereocenters. The molecule has 0 amide bonds. The molecule has 1 aliphatic rings. The van der Waals surface area contributed by atoms with Gasteiger partial charge in [-0.1, -0.05) is 12.1 Å². The molecule has 0 saturated carbocycles. The zero-order valence-electron chi connectivity index (χ0n) is 17.1. The molecule has 1 fully saturated rings. The molecule has 0 spiro atoms. The minimum Gasteiger partial charge on any atom is -0.388 e. The number of rotatable bonds is 4. The van der Waals surface area contributed by atoms with Gasteiger partial charge in [-0.05, 0) is 31.2 Å². The number of sulfone groups is 1. The number of morpholine rings is 1. The molecule has 4 aromatic rings. The Morgan fingerprint density at radius 1 is 1.16 bits per heavy atom. The van der Waals surface area contributed by atoms with Gasteiger partial charge in [0.2, 0.25) is 0 Å². The van der Waals surface area contributed by atoms with E-state index in [4.69, 9.17) is 9.72 Å². The van der Waals surface area contributed by atoms with Crippen molar-refractivity contribution in [1.82, 2.24) is 24.1 Å². The maximum atomic E-state index is 12.4. The summed E-state index contributed by atoms with van der Waals surface area (Å²) in [5.74, 6) is 1.21. The van der Waals surface area contributed by atoms with Gasteiger partial charge in [-0.15, -0.1) is 5.10 Å². The van der Waals surface area contributed by atoms with Crippen LogP contribution in [0.25, 0.3) is 22.5 Å². The number of hydrogen-bond acceptors (Lipinski definition) is 8. The third kappa shape index (κ3) is 3.25. The lowest BCUT2D eigenvalue weighted by molar-refractivity contribution is 0.0986. The number of fused-ring (bicyclic) bond motifs is 2. The summed E-state index contributed by atoms with van der Waals surface area (Å²) < 4.78 is 33.5. The van der Waals surface area contributed by atoms with Crippen molar-refractivity contribution in [1.29, 1.82) is 0 Å². The summed E-state index contributed by atoms with van der Waals surface area (Å²) in [7, 11) is -3.54. The van der Waals surface area contributed by atoms with Crippen LogP contribution in [0.3, 0.4) is 0 Å². The minimum absolute atomic E-state index is 0.0497. The van der Waals surface area contributed by atoms with Crippen LogP contribution in [0, 0.1) is 0 Å². The Balaban J connectivity index is 1.84. The fourth-order valence-corrected chi connectivity index (χ4v) is 4.75. The Morgan fingerprint density at radius 2 is 1.97 bits per heavy atom. The van der Waals surface area contributed by atoms with Gasteiger partial charge in [0.1, 0.15) is 17.9 Å². The molecule has 5 rings (SSSR count). The molecule has 0 bridgehead atoms. The molecule has 0 radical (unpaired) electrons. The van der Waals surface area contributed by atoms with Crippen LogP contribution < -0.4 is 4.90 Å². The van der Waals surface area contributed by atoms with Crippen molar-refractivity contribution in [3.8, 4) is 5.95 Å². The van der Waals surface area contributed by atoms with Crippen LogP contribution in [0.2, 0.25) is 0 Å². The van der Waals surface area contributed by atoms with Crippen LogP contribution in [0.5, 0.6) is 0 Å². The second-order valence-electron chi connectivity index (χ2n) is 7.60. The molecule has 0 aliphatic carbocycles. The van der Waals surface area contributed by atoms with Gasteiger partial charge < -0.3 is 14.7 Å². The predicted molar refractivity (Wildman–Crippen MR) is 114 cm³/mol. The highest BCUT2D eigenvalue weighted by Gasteiger charge is 2.27. The van der Waals surface area contributed by atoms with Crippen molar-refractivity contribution in [2.75, 3.05) is 30.9 Å². The van der Waals surface area contributed by atoms with Gasteiger partial charge in [0, 0.05) is 12.8 Å². The predicted octanol–water partition coefficient (Wildman–Crippen LogP) is 1.19. The van der Waals surface area contributed by atoms with E-state index in [-0.39, 0.29) is 23.6 Å².